The van der Waals surface area contributed by atoms with Gasteiger partial charge in [-0.25, -0.2) is 23.5 Å². The second-order valence-corrected chi connectivity index (χ2v) is 12.1. The number of aryl methyl sites for hydroxylation is 4. The van der Waals surface area contributed by atoms with Crippen LogP contribution in [0.15, 0.2) is 11.5 Å². The van der Waals surface area contributed by atoms with Crippen molar-refractivity contribution in [1.82, 2.24) is 14.5 Å². The van der Waals surface area contributed by atoms with E-state index >= 15 is 0 Å². The largest absolute Gasteiger partial charge is 0.382 e. The predicted octanol–water partition coefficient (Wildman–Crippen LogP) is 4.04. The highest BCUT2D eigenvalue weighted by atomic mass is 32.3. The van der Waals surface area contributed by atoms with Crippen LogP contribution in [0.2, 0.25) is 0 Å². The molecule has 0 aromatic carbocycles. The van der Waals surface area contributed by atoms with Crippen molar-refractivity contribution in [3.63, 3.8) is 0 Å². The van der Waals surface area contributed by atoms with Crippen molar-refractivity contribution in [2.45, 2.75) is 88.2 Å². The first kappa shape index (κ1) is 22.6. The Morgan fingerprint density at radius 2 is 2.00 bits per heavy atom. The molecule has 4 rings (SSSR count). The van der Waals surface area contributed by atoms with Crippen molar-refractivity contribution in [2.75, 3.05) is 5.73 Å². The van der Waals surface area contributed by atoms with E-state index in [1.807, 2.05) is 11.5 Å². The van der Waals surface area contributed by atoms with E-state index in [0.29, 0.717) is 18.7 Å². The number of hydrogen-bond donors (Lipinski definition) is 2. The maximum atomic E-state index is 12.2. The Hall–Kier alpha value is -1.58. The molecule has 0 amide bonds. The minimum Gasteiger partial charge on any atom is -0.382 e. The number of nitrogen functional groups attached to an aromatic ring is 1. The number of aromatic nitrogens is 3. The Bertz CT molecular complexity index is 1080. The molecule has 1 atom stereocenters. The van der Waals surface area contributed by atoms with Crippen molar-refractivity contribution >= 4 is 38.6 Å². The number of nitrogens with two attached hydrogens (primary N) is 2. The van der Waals surface area contributed by atoms with E-state index in [2.05, 4.69) is 16.5 Å². The highest BCUT2D eigenvalue weighted by molar-refractivity contribution is 8.15. The Kier molecular flexibility index (Phi) is 6.65. The first-order valence-electron chi connectivity index (χ1n) is 11.4. The topological polar surface area (TPSA) is 117 Å². The lowest BCUT2D eigenvalue weighted by molar-refractivity contribution is 0.527. The zero-order valence-electron chi connectivity index (χ0n) is 18.3. The third-order valence-corrected chi connectivity index (χ3v) is 10.1. The van der Waals surface area contributed by atoms with Gasteiger partial charge in [-0.3, -0.25) is 0 Å². The molecule has 4 N–H and O–H groups in total. The Balaban J connectivity index is 1.59. The first-order valence-corrected chi connectivity index (χ1v) is 13.8. The van der Waals surface area contributed by atoms with Gasteiger partial charge in [-0.15, -0.1) is 11.8 Å². The zero-order valence-corrected chi connectivity index (χ0v) is 19.9. The molecule has 0 radical (unpaired) electrons. The summed E-state index contributed by atoms with van der Waals surface area (Å²) in [7, 11) is -3.61. The van der Waals surface area contributed by atoms with Crippen molar-refractivity contribution in [3.8, 4) is 0 Å². The molecule has 2 aromatic heterocycles. The number of pyridine rings is 1. The number of fused-ring (bicyclic) bond motifs is 3. The number of rotatable bonds is 9. The van der Waals surface area contributed by atoms with Gasteiger partial charge in [0, 0.05) is 18.7 Å². The van der Waals surface area contributed by atoms with E-state index in [4.69, 9.17) is 15.9 Å². The molecule has 3 heterocycles. The smallest absolute Gasteiger partial charge is 0.224 e. The fraction of sp³-hybridized carbons (Fsp3) is 0.636. The molecule has 31 heavy (non-hydrogen) atoms. The highest BCUT2D eigenvalue weighted by Gasteiger charge is 2.42. The summed E-state index contributed by atoms with van der Waals surface area (Å²) in [6.45, 7) is 3.00. The van der Waals surface area contributed by atoms with Crippen molar-refractivity contribution in [1.29, 1.82) is 0 Å². The molecule has 1 aliphatic heterocycles. The Labute approximate surface area is 189 Å². The van der Waals surface area contributed by atoms with Gasteiger partial charge in [-0.2, -0.15) is 0 Å². The van der Waals surface area contributed by atoms with Crippen molar-refractivity contribution < 1.29 is 8.42 Å². The molecule has 2 aromatic rings. The summed E-state index contributed by atoms with van der Waals surface area (Å²) in [4.78, 5) is 9.59. The van der Waals surface area contributed by atoms with Gasteiger partial charge in [0.2, 0.25) is 10.0 Å². The number of sulfonamides is 1. The number of unbranched alkanes of at least 4 members (excludes halogenated alkanes) is 2. The van der Waals surface area contributed by atoms with Gasteiger partial charge < -0.3 is 10.3 Å². The highest BCUT2D eigenvalue weighted by Crippen LogP contribution is 2.43. The van der Waals surface area contributed by atoms with Crippen LogP contribution in [0.1, 0.15) is 75.4 Å². The molecule has 0 spiro atoms. The monoisotopic (exact) mass is 463 g/mol. The maximum absolute atomic E-state index is 12.2. The van der Waals surface area contributed by atoms with Gasteiger partial charge >= 0.3 is 0 Å². The van der Waals surface area contributed by atoms with Crippen LogP contribution >= 0.6 is 11.8 Å². The summed E-state index contributed by atoms with van der Waals surface area (Å²) in [6.07, 6.45) is 12.0. The SMILES string of the molecule is CCCCc1nc2c(N)nc3c(c2n1CCCCC1(S(N)(=O)=O)CC=CS1)CCCC3. The minimum absolute atomic E-state index is 0.488. The second-order valence-electron chi connectivity index (χ2n) is 8.72. The van der Waals surface area contributed by atoms with E-state index in [1.54, 1.807) is 0 Å². The van der Waals surface area contributed by atoms with E-state index in [0.717, 1.165) is 80.5 Å². The summed E-state index contributed by atoms with van der Waals surface area (Å²) in [6, 6.07) is 0. The Morgan fingerprint density at radius 3 is 2.71 bits per heavy atom. The molecule has 0 fully saturated rings. The van der Waals surface area contributed by atoms with Gasteiger partial charge in [-0.05, 0) is 68.8 Å². The van der Waals surface area contributed by atoms with Crippen LogP contribution in [0.3, 0.4) is 0 Å². The normalized spacial score (nSPS) is 21.1. The van der Waals surface area contributed by atoms with Crippen LogP contribution in [0.5, 0.6) is 0 Å². The van der Waals surface area contributed by atoms with E-state index in [-0.39, 0.29) is 0 Å². The quantitative estimate of drug-likeness (QED) is 0.542. The molecule has 1 aliphatic carbocycles. The fourth-order valence-corrected chi connectivity index (χ4v) is 7.17. The average Bonchev–Trinajstić information content (AvgIpc) is 3.36. The molecule has 9 heteroatoms. The van der Waals surface area contributed by atoms with Gasteiger partial charge in [-0.1, -0.05) is 19.4 Å². The Morgan fingerprint density at radius 1 is 1.19 bits per heavy atom. The number of nitrogens with zero attached hydrogens (tertiary/aromatic N) is 3. The lowest BCUT2D eigenvalue weighted by Gasteiger charge is -2.25. The summed E-state index contributed by atoms with van der Waals surface area (Å²) >= 11 is 1.34. The number of imidazole rings is 1. The average molecular weight is 464 g/mol. The number of hydrogen-bond acceptors (Lipinski definition) is 6. The second kappa shape index (κ2) is 9.11. The van der Waals surface area contributed by atoms with Gasteiger partial charge in [0.1, 0.15) is 15.4 Å². The van der Waals surface area contributed by atoms with Gasteiger partial charge in [0.25, 0.3) is 0 Å². The van der Waals surface area contributed by atoms with Crippen LogP contribution in [0, 0.1) is 0 Å². The van der Waals surface area contributed by atoms with E-state index in [9.17, 15) is 8.42 Å². The van der Waals surface area contributed by atoms with Crippen LogP contribution in [-0.2, 0) is 35.8 Å². The van der Waals surface area contributed by atoms with Crippen molar-refractivity contribution in [2.24, 2.45) is 5.14 Å². The van der Waals surface area contributed by atoms with Crippen LogP contribution < -0.4 is 10.9 Å². The standard InChI is InChI=1S/C22H33N5O2S2/c1-2-3-11-18-26-19-20(16-9-4-5-10-17(16)25-21(19)23)27(18)14-7-6-12-22(31(24,28)29)13-8-15-30-22/h8,15H,2-7,9-14H2,1H3,(H2,23,25)(H2,24,28,29). The molecular weight excluding hydrogens is 430 g/mol. The molecule has 0 saturated carbocycles. The molecule has 0 bridgehead atoms. The molecule has 1 unspecified atom stereocenters. The van der Waals surface area contributed by atoms with E-state index in [1.165, 1.54) is 23.7 Å². The summed E-state index contributed by atoms with van der Waals surface area (Å²) in [5.74, 6) is 1.61. The van der Waals surface area contributed by atoms with Crippen LogP contribution in [0.4, 0.5) is 5.82 Å². The summed E-state index contributed by atoms with van der Waals surface area (Å²) < 4.78 is 25.9. The number of primary sulfonamides is 1. The third-order valence-electron chi connectivity index (χ3n) is 6.54. The third kappa shape index (κ3) is 4.36. The number of allylic oxidation sites excluding steroid dienone is 1. The minimum atomic E-state index is -3.61. The van der Waals surface area contributed by atoms with Gasteiger partial charge in [0.15, 0.2) is 5.82 Å². The first-order chi connectivity index (χ1) is 14.9. The zero-order chi connectivity index (χ0) is 22.1. The molecule has 170 valence electrons. The van der Waals surface area contributed by atoms with Crippen molar-refractivity contribution in [3.05, 3.63) is 28.6 Å². The number of anilines is 1. The van der Waals surface area contributed by atoms with E-state index < -0.39 is 14.1 Å². The molecule has 2 aliphatic rings. The van der Waals surface area contributed by atoms with Crippen LogP contribution in [0.25, 0.3) is 11.0 Å². The maximum Gasteiger partial charge on any atom is 0.224 e. The molecule has 0 saturated heterocycles. The summed E-state index contributed by atoms with van der Waals surface area (Å²) in [5.41, 5.74) is 10.7. The predicted molar refractivity (Wildman–Crippen MR) is 128 cm³/mol. The van der Waals surface area contributed by atoms with Crippen LogP contribution in [-0.4, -0.2) is 27.0 Å². The fourth-order valence-electron chi connectivity index (χ4n) is 4.82. The number of thioether (sulfide) groups is 1. The molecular formula is C22H33N5O2S2. The lowest BCUT2D eigenvalue weighted by Crippen LogP contribution is -2.38. The lowest BCUT2D eigenvalue weighted by atomic mass is 9.95. The van der Waals surface area contributed by atoms with Gasteiger partial charge in [0.05, 0.1) is 5.52 Å². The summed E-state index contributed by atoms with van der Waals surface area (Å²) in [5, 5.41) is 7.43. The molecule has 7 nitrogen and oxygen atoms in total.